The lowest BCUT2D eigenvalue weighted by Gasteiger charge is -2.47. The van der Waals surface area contributed by atoms with Crippen molar-refractivity contribution in [3.63, 3.8) is 0 Å². The number of piperazine rings is 2. The average Bonchev–Trinajstić information content (AvgIpc) is 2.94. The Balaban J connectivity index is 1.72. The number of carbonyl (C=O) groups is 1. The van der Waals surface area contributed by atoms with Gasteiger partial charge in [0.2, 0.25) is 21.9 Å². The SMILES string of the molecule is CC1(C)C(=O)NCCN1C[C@H]1CN(S(=O)(=O)c2cc([N+](=O)[O-])ccc2S)CCN1c1ncc(C(O)(C(F)(F)F)C(F)(F)F)cn1. The normalized spacial score (nSPS) is 20.6. The zero-order valence-corrected chi connectivity index (χ0v) is 25.2. The van der Waals surface area contributed by atoms with E-state index in [1.165, 1.54) is 4.90 Å². The van der Waals surface area contributed by atoms with Crippen LogP contribution >= 0.6 is 12.6 Å². The number of hydrogen-bond acceptors (Lipinski definition) is 11. The van der Waals surface area contributed by atoms with Crippen LogP contribution in [0.4, 0.5) is 38.0 Å². The second kappa shape index (κ2) is 11.8. The number of nitrogens with one attached hydrogen (secondary N) is 1. The first-order valence-electron chi connectivity index (χ1n) is 13.1. The van der Waals surface area contributed by atoms with Crippen molar-refractivity contribution in [2.75, 3.05) is 44.2 Å². The van der Waals surface area contributed by atoms with Crippen LogP contribution in [-0.2, 0) is 20.4 Å². The Bertz CT molecular complexity index is 1560. The lowest BCUT2D eigenvalue weighted by molar-refractivity contribution is -0.385. The van der Waals surface area contributed by atoms with Gasteiger partial charge < -0.3 is 15.3 Å². The van der Waals surface area contributed by atoms with Gasteiger partial charge in [0.1, 0.15) is 4.90 Å². The summed E-state index contributed by atoms with van der Waals surface area (Å²) >= 11 is 4.14. The Hall–Kier alpha value is -3.27. The highest BCUT2D eigenvalue weighted by molar-refractivity contribution is 7.90. The van der Waals surface area contributed by atoms with Crippen molar-refractivity contribution in [2.24, 2.45) is 0 Å². The quantitative estimate of drug-likeness (QED) is 0.170. The number of halogens is 6. The summed E-state index contributed by atoms with van der Waals surface area (Å²) in [6.45, 7) is 2.89. The van der Waals surface area contributed by atoms with Crippen LogP contribution in [0.15, 0.2) is 40.4 Å². The zero-order chi connectivity index (χ0) is 33.8. The summed E-state index contributed by atoms with van der Waals surface area (Å²) in [7, 11) is -4.42. The summed E-state index contributed by atoms with van der Waals surface area (Å²) < 4.78 is 109. The van der Waals surface area contributed by atoms with Crippen molar-refractivity contribution in [3.8, 4) is 0 Å². The number of sulfonamides is 1. The topological polar surface area (TPSA) is 162 Å². The number of nitrogens with zero attached hydrogens (tertiary/aromatic N) is 6. The van der Waals surface area contributed by atoms with Gasteiger partial charge in [-0.25, -0.2) is 18.4 Å². The number of hydrogen-bond donors (Lipinski definition) is 3. The standard InChI is InChI=1S/C24H27F6N7O6S2/c1-21(2)19(38)31-5-6-34(21)12-16-13-35(45(42,43)18-9-15(37(40)41)3-4-17(18)44)7-8-36(16)20-32-10-14(11-33-20)22(39,23(25,26)27)24(28,29)30/h3-4,9-11,16,39,44H,5-8,12-13H2,1-2H3,(H,31,38)/t16-/m0/s1. The van der Waals surface area contributed by atoms with Gasteiger partial charge in [-0.05, 0) is 19.9 Å². The largest absolute Gasteiger partial charge is 0.430 e. The number of benzene rings is 1. The van der Waals surface area contributed by atoms with Gasteiger partial charge in [-0.15, -0.1) is 12.6 Å². The molecule has 2 aliphatic rings. The number of nitro benzene ring substituents is 1. The number of rotatable bonds is 7. The molecule has 13 nitrogen and oxygen atoms in total. The molecule has 45 heavy (non-hydrogen) atoms. The van der Waals surface area contributed by atoms with E-state index in [2.05, 4.69) is 27.9 Å². The molecular weight excluding hydrogens is 660 g/mol. The molecule has 0 saturated carbocycles. The van der Waals surface area contributed by atoms with Crippen LogP contribution in [0.25, 0.3) is 0 Å². The first kappa shape index (κ1) is 34.6. The van der Waals surface area contributed by atoms with Gasteiger partial charge in [0.05, 0.1) is 16.5 Å². The summed E-state index contributed by atoms with van der Waals surface area (Å²) in [6, 6.07) is 2.15. The number of non-ortho nitro benzene ring substituents is 1. The fourth-order valence-corrected chi connectivity index (χ4v) is 7.14. The van der Waals surface area contributed by atoms with Crippen LogP contribution in [0.3, 0.4) is 0 Å². The molecule has 2 N–H and O–H groups in total. The molecule has 1 amide bonds. The van der Waals surface area contributed by atoms with Crippen molar-refractivity contribution in [1.29, 1.82) is 0 Å². The molecular formula is C24H27F6N7O6S2. The molecule has 0 spiro atoms. The van der Waals surface area contributed by atoms with Crippen molar-refractivity contribution >= 4 is 40.2 Å². The number of anilines is 1. The fourth-order valence-electron chi connectivity index (χ4n) is 5.09. The molecule has 4 rings (SSSR count). The van der Waals surface area contributed by atoms with Crippen LogP contribution in [0, 0.1) is 10.1 Å². The summed E-state index contributed by atoms with van der Waals surface area (Å²) in [5, 5.41) is 23.7. The van der Waals surface area contributed by atoms with E-state index in [0.717, 1.165) is 22.5 Å². The van der Waals surface area contributed by atoms with Gasteiger partial charge >= 0.3 is 12.4 Å². The van der Waals surface area contributed by atoms with Crippen LogP contribution in [0.1, 0.15) is 19.4 Å². The van der Waals surface area contributed by atoms with Gasteiger partial charge in [0.25, 0.3) is 11.3 Å². The molecule has 1 atom stereocenters. The Morgan fingerprint density at radius 3 is 2.27 bits per heavy atom. The molecule has 0 unspecified atom stereocenters. The molecule has 21 heteroatoms. The Morgan fingerprint density at radius 2 is 1.71 bits per heavy atom. The third-order valence-electron chi connectivity index (χ3n) is 7.80. The van der Waals surface area contributed by atoms with Crippen LogP contribution in [0.2, 0.25) is 0 Å². The molecule has 0 aliphatic carbocycles. The fraction of sp³-hybridized carbons (Fsp3) is 0.542. The minimum absolute atomic E-state index is 0.0325. The van der Waals surface area contributed by atoms with E-state index in [4.69, 9.17) is 0 Å². The van der Waals surface area contributed by atoms with E-state index in [0.29, 0.717) is 6.54 Å². The highest BCUT2D eigenvalue weighted by Crippen LogP contribution is 2.49. The van der Waals surface area contributed by atoms with Crippen molar-refractivity contribution in [3.05, 3.63) is 46.3 Å². The first-order valence-corrected chi connectivity index (χ1v) is 15.0. The molecule has 248 valence electrons. The molecule has 2 fully saturated rings. The van der Waals surface area contributed by atoms with Crippen LogP contribution < -0.4 is 10.2 Å². The van der Waals surface area contributed by atoms with Crippen LogP contribution in [0.5, 0.6) is 0 Å². The second-order valence-corrected chi connectivity index (χ2v) is 13.2. The first-order chi connectivity index (χ1) is 20.6. The maximum Gasteiger partial charge on any atom is 0.430 e. The van der Waals surface area contributed by atoms with Crippen LogP contribution in [-0.4, -0.2) is 107 Å². The molecule has 2 saturated heterocycles. The second-order valence-electron chi connectivity index (χ2n) is 10.9. The number of carbonyl (C=O) groups excluding carboxylic acids is 1. The van der Waals surface area contributed by atoms with Gasteiger partial charge in [-0.1, -0.05) is 0 Å². The number of aromatic nitrogens is 2. The van der Waals surface area contributed by atoms with Gasteiger partial charge in [-0.2, -0.15) is 30.6 Å². The maximum atomic E-state index is 13.7. The highest BCUT2D eigenvalue weighted by Gasteiger charge is 2.71. The summed E-state index contributed by atoms with van der Waals surface area (Å²) in [5.41, 5.74) is -8.53. The lowest BCUT2D eigenvalue weighted by atomic mass is 9.95. The molecule has 1 aromatic carbocycles. The molecule has 0 radical (unpaired) electrons. The van der Waals surface area contributed by atoms with Crippen molar-refractivity contribution in [1.82, 2.24) is 24.5 Å². The summed E-state index contributed by atoms with van der Waals surface area (Å²) in [4.78, 5) is 33.0. The molecule has 2 aromatic rings. The average molecular weight is 688 g/mol. The van der Waals surface area contributed by atoms with Gasteiger partial charge in [0.15, 0.2) is 0 Å². The number of thiol groups is 1. The minimum Gasteiger partial charge on any atom is -0.369 e. The summed E-state index contributed by atoms with van der Waals surface area (Å²) in [6.07, 6.45) is -11.9. The highest BCUT2D eigenvalue weighted by atomic mass is 32.2. The zero-order valence-electron chi connectivity index (χ0n) is 23.5. The third kappa shape index (κ3) is 6.27. The van der Waals surface area contributed by atoms with E-state index in [9.17, 15) is 54.8 Å². The number of alkyl halides is 6. The van der Waals surface area contributed by atoms with Crippen molar-refractivity contribution < 1.29 is 49.6 Å². The summed E-state index contributed by atoms with van der Waals surface area (Å²) in [5.74, 6) is -0.701. The van der Waals surface area contributed by atoms with E-state index in [1.807, 2.05) is 0 Å². The smallest absolute Gasteiger partial charge is 0.369 e. The maximum absolute atomic E-state index is 13.7. The van der Waals surface area contributed by atoms with E-state index in [1.54, 1.807) is 18.7 Å². The third-order valence-corrected chi connectivity index (χ3v) is 10.2. The lowest BCUT2D eigenvalue weighted by Crippen LogP contribution is -2.66. The monoisotopic (exact) mass is 687 g/mol. The molecule has 3 heterocycles. The predicted molar refractivity (Wildman–Crippen MR) is 147 cm³/mol. The number of aliphatic hydroxyl groups is 1. The van der Waals surface area contributed by atoms with Gasteiger partial charge in [-0.3, -0.25) is 19.8 Å². The number of amides is 1. The Kier molecular flexibility index (Phi) is 9.09. The molecule has 0 bridgehead atoms. The minimum atomic E-state index is -6.16. The Morgan fingerprint density at radius 1 is 1.11 bits per heavy atom. The number of nitro groups is 1. The predicted octanol–water partition coefficient (Wildman–Crippen LogP) is 2.08. The van der Waals surface area contributed by atoms with E-state index >= 15 is 0 Å². The Labute approximate surface area is 257 Å². The van der Waals surface area contributed by atoms with E-state index in [-0.39, 0.29) is 61.9 Å². The van der Waals surface area contributed by atoms with E-state index < -0.39 is 60.6 Å². The van der Waals surface area contributed by atoms with Crippen molar-refractivity contribution in [2.45, 2.75) is 53.2 Å². The van der Waals surface area contributed by atoms with Gasteiger partial charge in [0, 0.05) is 74.3 Å². The molecule has 1 aromatic heterocycles. The molecule has 2 aliphatic heterocycles.